The van der Waals surface area contributed by atoms with Crippen LogP contribution in [-0.4, -0.2) is 24.1 Å². The third kappa shape index (κ3) is 5.81. The van der Waals surface area contributed by atoms with E-state index in [1.54, 1.807) is 38.1 Å². The number of amides is 2. The molecule has 0 saturated carbocycles. The fraction of sp³-hybridized carbons (Fsp3) is 0.300. The van der Waals surface area contributed by atoms with Crippen LogP contribution in [0.5, 0.6) is 5.75 Å². The molecule has 0 unspecified atom stereocenters. The lowest BCUT2D eigenvalue weighted by molar-refractivity contribution is -0.121. The smallest absolute Gasteiger partial charge is 0.408 e. The van der Waals surface area contributed by atoms with Crippen molar-refractivity contribution in [1.82, 2.24) is 5.32 Å². The molecule has 26 heavy (non-hydrogen) atoms. The number of hydrogen-bond acceptors (Lipinski definition) is 4. The maximum Gasteiger partial charge on any atom is 0.408 e. The molecule has 0 aliphatic rings. The van der Waals surface area contributed by atoms with Crippen LogP contribution in [0.1, 0.15) is 26.3 Å². The monoisotopic (exact) mass is 356 g/mol. The highest BCUT2D eigenvalue weighted by Crippen LogP contribution is 2.17. The van der Waals surface area contributed by atoms with Crippen LogP contribution < -0.4 is 15.4 Å². The summed E-state index contributed by atoms with van der Waals surface area (Å²) >= 11 is 0. The van der Waals surface area contributed by atoms with Gasteiger partial charge in [-0.1, -0.05) is 30.3 Å². The highest BCUT2D eigenvalue weighted by molar-refractivity contribution is 5.99. The Bertz CT molecular complexity index is 727. The largest absolute Gasteiger partial charge is 0.494 e. The zero-order valence-corrected chi connectivity index (χ0v) is 15.2. The summed E-state index contributed by atoms with van der Waals surface area (Å²) in [6, 6.07) is 16.4. The van der Waals surface area contributed by atoms with Gasteiger partial charge in [0, 0.05) is 5.69 Å². The van der Waals surface area contributed by atoms with Crippen LogP contribution >= 0.6 is 0 Å². The minimum Gasteiger partial charge on any atom is -0.494 e. The van der Waals surface area contributed by atoms with Crippen molar-refractivity contribution in [2.75, 3.05) is 11.9 Å². The van der Waals surface area contributed by atoms with Crippen molar-refractivity contribution in [1.29, 1.82) is 0 Å². The molecule has 6 nitrogen and oxygen atoms in total. The van der Waals surface area contributed by atoms with Gasteiger partial charge in [0.2, 0.25) is 5.91 Å². The van der Waals surface area contributed by atoms with E-state index in [1.165, 1.54) is 0 Å². The first-order chi connectivity index (χ1) is 12.4. The highest BCUT2D eigenvalue weighted by Gasteiger charge is 2.30. The van der Waals surface area contributed by atoms with Gasteiger partial charge in [-0.05, 0) is 50.6 Å². The summed E-state index contributed by atoms with van der Waals surface area (Å²) in [5, 5.41) is 5.35. The maximum absolute atomic E-state index is 12.4. The molecule has 0 heterocycles. The number of carbonyl (C=O) groups excluding carboxylic acids is 2. The normalized spacial score (nSPS) is 10.7. The molecule has 6 heteroatoms. The fourth-order valence-corrected chi connectivity index (χ4v) is 2.16. The molecule has 2 amide bonds. The summed E-state index contributed by atoms with van der Waals surface area (Å²) in [6.07, 6.45) is -0.652. The van der Waals surface area contributed by atoms with Gasteiger partial charge in [0.05, 0.1) is 6.61 Å². The number of carbonyl (C=O) groups is 2. The summed E-state index contributed by atoms with van der Waals surface area (Å²) in [5.41, 5.74) is 0.358. The third-order valence-corrected chi connectivity index (χ3v) is 3.62. The van der Waals surface area contributed by atoms with E-state index in [-0.39, 0.29) is 12.5 Å². The summed E-state index contributed by atoms with van der Waals surface area (Å²) in [6.45, 7) is 5.85. The van der Waals surface area contributed by atoms with Gasteiger partial charge < -0.3 is 20.1 Å². The molecule has 0 atom stereocenters. The Morgan fingerprint density at radius 3 is 2.27 bits per heavy atom. The quantitative estimate of drug-likeness (QED) is 0.792. The minimum atomic E-state index is -1.13. The molecule has 0 aliphatic carbocycles. The van der Waals surface area contributed by atoms with Crippen molar-refractivity contribution < 1.29 is 19.1 Å². The molecule has 2 rings (SSSR count). The first-order valence-electron chi connectivity index (χ1n) is 8.44. The van der Waals surface area contributed by atoms with Crippen molar-refractivity contribution >= 4 is 17.7 Å². The molecular weight excluding hydrogens is 332 g/mol. The molecule has 0 fully saturated rings. The molecule has 138 valence electrons. The Morgan fingerprint density at radius 2 is 1.65 bits per heavy atom. The van der Waals surface area contributed by atoms with Gasteiger partial charge in [0.25, 0.3) is 0 Å². The van der Waals surface area contributed by atoms with Gasteiger partial charge in [-0.15, -0.1) is 0 Å². The predicted molar refractivity (Wildman–Crippen MR) is 100 cm³/mol. The Hall–Kier alpha value is -3.02. The van der Waals surface area contributed by atoms with Crippen LogP contribution in [0.15, 0.2) is 54.6 Å². The van der Waals surface area contributed by atoms with Crippen molar-refractivity contribution in [3.05, 3.63) is 60.2 Å². The first kappa shape index (κ1) is 19.3. The van der Waals surface area contributed by atoms with Crippen LogP contribution in [0.3, 0.4) is 0 Å². The van der Waals surface area contributed by atoms with Crippen molar-refractivity contribution in [3.63, 3.8) is 0 Å². The number of benzene rings is 2. The topological polar surface area (TPSA) is 76.7 Å². The summed E-state index contributed by atoms with van der Waals surface area (Å²) in [5.74, 6) is 0.380. The molecule has 0 aromatic heterocycles. The van der Waals surface area contributed by atoms with Crippen LogP contribution in [0.4, 0.5) is 10.5 Å². The van der Waals surface area contributed by atoms with Crippen LogP contribution in [-0.2, 0) is 16.1 Å². The SMILES string of the molecule is CCOc1ccc(NC(=O)C(C)(C)NC(=O)OCc2ccccc2)cc1. The zero-order chi connectivity index (χ0) is 19.0. The van der Waals surface area contributed by atoms with Crippen LogP contribution in [0.2, 0.25) is 0 Å². The maximum atomic E-state index is 12.4. The molecule has 0 aliphatic heterocycles. The van der Waals surface area contributed by atoms with E-state index in [1.807, 2.05) is 37.3 Å². The van der Waals surface area contributed by atoms with E-state index in [9.17, 15) is 9.59 Å². The van der Waals surface area contributed by atoms with Gasteiger partial charge in [-0.25, -0.2) is 4.79 Å². The molecule has 2 aromatic carbocycles. The number of hydrogen-bond donors (Lipinski definition) is 2. The second-order valence-corrected chi connectivity index (χ2v) is 6.22. The summed E-state index contributed by atoms with van der Waals surface area (Å²) in [7, 11) is 0. The Morgan fingerprint density at radius 1 is 1.00 bits per heavy atom. The van der Waals surface area contributed by atoms with Crippen LogP contribution in [0, 0.1) is 0 Å². The second kappa shape index (κ2) is 8.89. The lowest BCUT2D eigenvalue weighted by Crippen LogP contribution is -2.52. The van der Waals surface area contributed by atoms with Gasteiger partial charge in [0.15, 0.2) is 0 Å². The van der Waals surface area contributed by atoms with E-state index in [2.05, 4.69) is 10.6 Å². The van der Waals surface area contributed by atoms with Gasteiger partial charge in [-0.3, -0.25) is 4.79 Å². The zero-order valence-electron chi connectivity index (χ0n) is 15.2. The third-order valence-electron chi connectivity index (χ3n) is 3.62. The number of nitrogens with one attached hydrogen (secondary N) is 2. The lowest BCUT2D eigenvalue weighted by Gasteiger charge is -2.24. The Labute approximate surface area is 153 Å². The molecule has 0 spiro atoms. The van der Waals surface area contributed by atoms with E-state index < -0.39 is 11.6 Å². The van der Waals surface area contributed by atoms with E-state index in [0.29, 0.717) is 12.3 Å². The minimum absolute atomic E-state index is 0.142. The lowest BCUT2D eigenvalue weighted by atomic mass is 10.0. The average Bonchev–Trinajstić information content (AvgIpc) is 2.62. The van der Waals surface area contributed by atoms with Gasteiger partial charge in [0.1, 0.15) is 17.9 Å². The highest BCUT2D eigenvalue weighted by atomic mass is 16.5. The molecule has 2 aromatic rings. The first-order valence-corrected chi connectivity index (χ1v) is 8.44. The van der Waals surface area contributed by atoms with Crippen molar-refractivity contribution in [2.45, 2.75) is 32.9 Å². The van der Waals surface area contributed by atoms with Crippen LogP contribution in [0.25, 0.3) is 0 Å². The standard InChI is InChI=1S/C20H24N2O4/c1-4-25-17-12-10-16(11-13-17)21-18(23)20(2,3)22-19(24)26-14-15-8-6-5-7-9-15/h5-13H,4,14H2,1-3H3,(H,21,23)(H,22,24). The fourth-order valence-electron chi connectivity index (χ4n) is 2.16. The van der Waals surface area contributed by atoms with E-state index in [0.717, 1.165) is 11.3 Å². The van der Waals surface area contributed by atoms with Gasteiger partial charge in [-0.2, -0.15) is 0 Å². The second-order valence-electron chi connectivity index (χ2n) is 6.22. The molecule has 0 bridgehead atoms. The Kier molecular flexibility index (Phi) is 6.60. The molecule has 0 radical (unpaired) electrons. The average molecular weight is 356 g/mol. The number of ether oxygens (including phenoxy) is 2. The predicted octanol–water partition coefficient (Wildman–Crippen LogP) is 3.73. The molecule has 2 N–H and O–H groups in total. The van der Waals surface area contributed by atoms with Crippen molar-refractivity contribution in [3.8, 4) is 5.75 Å². The Balaban J connectivity index is 1.86. The van der Waals surface area contributed by atoms with E-state index >= 15 is 0 Å². The number of rotatable bonds is 7. The number of anilines is 1. The summed E-state index contributed by atoms with van der Waals surface area (Å²) in [4.78, 5) is 24.4. The number of alkyl carbamates (subject to hydrolysis) is 1. The summed E-state index contributed by atoms with van der Waals surface area (Å²) < 4.78 is 10.5. The van der Waals surface area contributed by atoms with E-state index in [4.69, 9.17) is 9.47 Å². The van der Waals surface area contributed by atoms with Gasteiger partial charge >= 0.3 is 6.09 Å². The van der Waals surface area contributed by atoms with Crippen molar-refractivity contribution in [2.24, 2.45) is 0 Å². The molecule has 0 saturated heterocycles. The molecular formula is C20H24N2O4.